The summed E-state index contributed by atoms with van der Waals surface area (Å²) in [5.41, 5.74) is 1.16. The van der Waals surface area contributed by atoms with E-state index < -0.39 is 0 Å². The van der Waals surface area contributed by atoms with Crippen molar-refractivity contribution < 1.29 is 14.2 Å². The van der Waals surface area contributed by atoms with Crippen LogP contribution in [0.25, 0.3) is 0 Å². The monoisotopic (exact) mass is 359 g/mol. The summed E-state index contributed by atoms with van der Waals surface area (Å²) in [6.07, 6.45) is 0. The molecule has 1 aromatic rings. The van der Waals surface area contributed by atoms with Crippen LogP contribution in [0.3, 0.4) is 0 Å². The first-order valence-electron chi connectivity index (χ1n) is 7.47. The van der Waals surface area contributed by atoms with Crippen molar-refractivity contribution in [1.29, 1.82) is 0 Å². The van der Waals surface area contributed by atoms with Gasteiger partial charge in [0, 0.05) is 19.2 Å². The molecule has 1 aromatic carbocycles. The van der Waals surface area contributed by atoms with E-state index in [-0.39, 0.29) is 0 Å². The Morgan fingerprint density at radius 2 is 1.86 bits per heavy atom. The molecule has 5 heteroatoms. The van der Waals surface area contributed by atoms with E-state index in [4.69, 9.17) is 14.2 Å². The quantitative estimate of drug-likeness (QED) is 0.645. The summed E-state index contributed by atoms with van der Waals surface area (Å²) in [4.78, 5) is 0. The van der Waals surface area contributed by atoms with E-state index in [1.165, 1.54) is 0 Å². The molecule has 0 aliphatic heterocycles. The van der Waals surface area contributed by atoms with E-state index in [2.05, 4.69) is 41.2 Å². The van der Waals surface area contributed by atoms with Gasteiger partial charge in [0.15, 0.2) is 11.5 Å². The second kappa shape index (κ2) is 10.0. The molecule has 1 N–H and O–H groups in total. The van der Waals surface area contributed by atoms with Gasteiger partial charge in [0.2, 0.25) is 0 Å². The fraction of sp³-hybridized carbons (Fsp3) is 0.625. The molecule has 0 aliphatic carbocycles. The number of hydrogen-bond donors (Lipinski definition) is 1. The third kappa shape index (κ3) is 6.68. The maximum Gasteiger partial charge on any atom is 0.175 e. The standard InChI is InChI=1S/C16H26BrNO3/c1-5-19-7-8-21-16-14(17)9-13(11-18-12(3)4)10-15(16)20-6-2/h9-10,12,18H,5-8,11H2,1-4H3. The van der Waals surface area contributed by atoms with Gasteiger partial charge in [-0.1, -0.05) is 13.8 Å². The Morgan fingerprint density at radius 1 is 1.10 bits per heavy atom. The average Bonchev–Trinajstić information content (AvgIpc) is 2.43. The average molecular weight is 360 g/mol. The van der Waals surface area contributed by atoms with Crippen molar-refractivity contribution >= 4 is 15.9 Å². The van der Waals surface area contributed by atoms with E-state index >= 15 is 0 Å². The van der Waals surface area contributed by atoms with E-state index in [1.807, 2.05) is 19.9 Å². The highest BCUT2D eigenvalue weighted by Gasteiger charge is 2.12. The first-order chi connectivity index (χ1) is 10.1. The van der Waals surface area contributed by atoms with Crippen LogP contribution >= 0.6 is 15.9 Å². The van der Waals surface area contributed by atoms with Gasteiger partial charge in [-0.25, -0.2) is 0 Å². The third-order valence-electron chi connectivity index (χ3n) is 2.76. The van der Waals surface area contributed by atoms with Gasteiger partial charge in [-0.15, -0.1) is 0 Å². The SMILES string of the molecule is CCOCCOc1c(Br)cc(CNC(C)C)cc1OCC. The van der Waals surface area contributed by atoms with Gasteiger partial charge in [0.05, 0.1) is 17.7 Å². The van der Waals surface area contributed by atoms with Crippen LogP contribution in [0.4, 0.5) is 0 Å². The predicted molar refractivity (Wildman–Crippen MR) is 89.3 cm³/mol. The molecule has 0 spiro atoms. The van der Waals surface area contributed by atoms with Gasteiger partial charge >= 0.3 is 0 Å². The summed E-state index contributed by atoms with van der Waals surface area (Å²) in [5.74, 6) is 1.51. The smallest absolute Gasteiger partial charge is 0.175 e. The van der Waals surface area contributed by atoms with Crippen LogP contribution in [0.5, 0.6) is 11.5 Å². The minimum atomic E-state index is 0.446. The van der Waals surface area contributed by atoms with Crippen molar-refractivity contribution in [3.05, 3.63) is 22.2 Å². The molecule has 0 fully saturated rings. The fourth-order valence-corrected chi connectivity index (χ4v) is 2.40. The summed E-state index contributed by atoms with van der Waals surface area (Å²) in [7, 11) is 0. The predicted octanol–water partition coefficient (Wildman–Crippen LogP) is 3.76. The zero-order valence-electron chi connectivity index (χ0n) is 13.4. The lowest BCUT2D eigenvalue weighted by molar-refractivity contribution is 0.108. The molecule has 0 radical (unpaired) electrons. The van der Waals surface area contributed by atoms with Gasteiger partial charge in [0.1, 0.15) is 6.61 Å². The topological polar surface area (TPSA) is 39.7 Å². The van der Waals surface area contributed by atoms with Crippen LogP contribution in [-0.2, 0) is 11.3 Å². The largest absolute Gasteiger partial charge is 0.490 e. The lowest BCUT2D eigenvalue weighted by Crippen LogP contribution is -2.21. The number of hydrogen-bond acceptors (Lipinski definition) is 4. The van der Waals surface area contributed by atoms with Crippen LogP contribution in [-0.4, -0.2) is 32.5 Å². The van der Waals surface area contributed by atoms with Gasteiger partial charge in [0.25, 0.3) is 0 Å². The Bertz CT molecular complexity index is 424. The second-order valence-electron chi connectivity index (χ2n) is 4.92. The fourth-order valence-electron chi connectivity index (χ4n) is 1.80. The van der Waals surface area contributed by atoms with E-state index in [0.29, 0.717) is 32.5 Å². The number of ether oxygens (including phenoxy) is 3. The van der Waals surface area contributed by atoms with E-state index in [0.717, 1.165) is 28.1 Å². The zero-order valence-corrected chi connectivity index (χ0v) is 15.0. The lowest BCUT2D eigenvalue weighted by Gasteiger charge is -2.16. The molecule has 120 valence electrons. The van der Waals surface area contributed by atoms with Crippen LogP contribution in [0.15, 0.2) is 16.6 Å². The van der Waals surface area contributed by atoms with Crippen molar-refractivity contribution in [2.24, 2.45) is 0 Å². The number of rotatable bonds is 10. The highest BCUT2D eigenvalue weighted by Crippen LogP contribution is 2.37. The van der Waals surface area contributed by atoms with Crippen molar-refractivity contribution in [1.82, 2.24) is 5.32 Å². The molecule has 0 saturated carbocycles. The summed E-state index contributed by atoms with van der Waals surface area (Å²) in [6.45, 7) is 11.4. The second-order valence-corrected chi connectivity index (χ2v) is 5.77. The van der Waals surface area contributed by atoms with Crippen molar-refractivity contribution in [3.8, 4) is 11.5 Å². The van der Waals surface area contributed by atoms with Crippen molar-refractivity contribution in [3.63, 3.8) is 0 Å². The zero-order chi connectivity index (χ0) is 15.7. The van der Waals surface area contributed by atoms with Crippen LogP contribution < -0.4 is 14.8 Å². The van der Waals surface area contributed by atoms with E-state index in [1.54, 1.807) is 0 Å². The van der Waals surface area contributed by atoms with Gasteiger partial charge in [-0.2, -0.15) is 0 Å². The minimum absolute atomic E-state index is 0.446. The van der Waals surface area contributed by atoms with Crippen LogP contribution in [0.1, 0.15) is 33.3 Å². The number of halogens is 1. The Kier molecular flexibility index (Phi) is 8.73. The molecule has 1 rings (SSSR count). The molecule has 0 atom stereocenters. The highest BCUT2D eigenvalue weighted by atomic mass is 79.9. The maximum atomic E-state index is 5.79. The molecule has 21 heavy (non-hydrogen) atoms. The lowest BCUT2D eigenvalue weighted by atomic mass is 10.2. The summed E-state index contributed by atoms with van der Waals surface area (Å²) in [5, 5.41) is 3.40. The summed E-state index contributed by atoms with van der Waals surface area (Å²) >= 11 is 3.57. The van der Waals surface area contributed by atoms with E-state index in [9.17, 15) is 0 Å². The van der Waals surface area contributed by atoms with Crippen LogP contribution in [0, 0.1) is 0 Å². The Morgan fingerprint density at radius 3 is 2.48 bits per heavy atom. The first-order valence-corrected chi connectivity index (χ1v) is 8.26. The molecule has 0 aromatic heterocycles. The van der Waals surface area contributed by atoms with Gasteiger partial charge in [-0.05, 0) is 47.5 Å². The normalized spacial score (nSPS) is 11.0. The Balaban J connectivity index is 2.80. The van der Waals surface area contributed by atoms with Crippen molar-refractivity contribution in [2.45, 2.75) is 40.3 Å². The molecule has 0 heterocycles. The van der Waals surface area contributed by atoms with Crippen molar-refractivity contribution in [2.75, 3.05) is 26.4 Å². The Labute approximate surface area is 136 Å². The molecule has 0 saturated heterocycles. The highest BCUT2D eigenvalue weighted by molar-refractivity contribution is 9.10. The third-order valence-corrected chi connectivity index (χ3v) is 3.35. The summed E-state index contributed by atoms with van der Waals surface area (Å²) < 4.78 is 17.7. The maximum absolute atomic E-state index is 5.79. The van der Waals surface area contributed by atoms with Gasteiger partial charge < -0.3 is 19.5 Å². The number of benzene rings is 1. The molecule has 0 aliphatic rings. The number of nitrogens with one attached hydrogen (secondary N) is 1. The Hall–Kier alpha value is -0.780. The summed E-state index contributed by atoms with van der Waals surface area (Å²) in [6, 6.07) is 4.54. The molecule has 0 amide bonds. The van der Waals surface area contributed by atoms with Crippen LogP contribution in [0.2, 0.25) is 0 Å². The molecular formula is C16H26BrNO3. The first kappa shape index (κ1) is 18.3. The minimum Gasteiger partial charge on any atom is -0.490 e. The molecule has 0 unspecified atom stereocenters. The molecule has 4 nitrogen and oxygen atoms in total. The molecular weight excluding hydrogens is 334 g/mol. The van der Waals surface area contributed by atoms with Gasteiger partial charge in [-0.3, -0.25) is 0 Å². The molecule has 0 bridgehead atoms.